The number of carbonyl (C=O) groups is 2. The second kappa shape index (κ2) is 6.51. The molecule has 1 aromatic carbocycles. The van der Waals surface area contributed by atoms with Gasteiger partial charge in [-0.1, -0.05) is 23.4 Å². The summed E-state index contributed by atoms with van der Waals surface area (Å²) in [6.45, 7) is 2.01. The summed E-state index contributed by atoms with van der Waals surface area (Å²) in [4.78, 5) is 22.8. The van der Waals surface area contributed by atoms with Crippen LogP contribution < -0.4 is 5.73 Å². The molecular formula is C11H12ClNO3S. The Morgan fingerprint density at radius 1 is 1.47 bits per heavy atom. The van der Waals surface area contributed by atoms with Crippen LogP contribution >= 0.6 is 23.4 Å². The monoisotopic (exact) mass is 273 g/mol. The highest BCUT2D eigenvalue weighted by atomic mass is 35.5. The Morgan fingerprint density at radius 3 is 2.76 bits per heavy atom. The van der Waals surface area contributed by atoms with E-state index in [1.807, 2.05) is 0 Å². The molecule has 0 aliphatic rings. The number of benzene rings is 1. The number of ether oxygens (including phenoxy) is 1. The lowest BCUT2D eigenvalue weighted by atomic mass is 10.2. The summed E-state index contributed by atoms with van der Waals surface area (Å²) >= 11 is 6.58. The van der Waals surface area contributed by atoms with Crippen molar-refractivity contribution in [2.75, 3.05) is 18.1 Å². The van der Waals surface area contributed by atoms with E-state index in [1.165, 1.54) is 12.1 Å². The van der Waals surface area contributed by atoms with Crippen molar-refractivity contribution in [1.82, 2.24) is 0 Å². The molecule has 0 radical (unpaired) electrons. The molecule has 0 heterocycles. The topological polar surface area (TPSA) is 69.4 Å². The van der Waals surface area contributed by atoms with Gasteiger partial charge in [-0.05, 0) is 25.1 Å². The van der Waals surface area contributed by atoms with Crippen molar-refractivity contribution in [2.24, 2.45) is 0 Å². The van der Waals surface area contributed by atoms with E-state index in [0.29, 0.717) is 22.9 Å². The summed E-state index contributed by atoms with van der Waals surface area (Å²) in [5.74, 6) is -0.437. The Balaban J connectivity index is 2.61. The largest absolute Gasteiger partial charge is 0.465 e. The average molecular weight is 274 g/mol. The zero-order valence-corrected chi connectivity index (χ0v) is 10.8. The van der Waals surface area contributed by atoms with Crippen molar-refractivity contribution < 1.29 is 14.3 Å². The van der Waals surface area contributed by atoms with Gasteiger partial charge in [-0.3, -0.25) is 9.59 Å². The van der Waals surface area contributed by atoms with Gasteiger partial charge >= 0.3 is 5.97 Å². The summed E-state index contributed by atoms with van der Waals surface area (Å²) in [5.41, 5.74) is 6.31. The van der Waals surface area contributed by atoms with E-state index in [4.69, 9.17) is 22.1 Å². The molecule has 17 heavy (non-hydrogen) atoms. The first kappa shape index (κ1) is 13.9. The molecule has 6 heteroatoms. The number of esters is 1. The number of anilines is 1. The van der Waals surface area contributed by atoms with Gasteiger partial charge in [0.05, 0.1) is 17.9 Å². The molecule has 2 N–H and O–H groups in total. The van der Waals surface area contributed by atoms with E-state index in [1.54, 1.807) is 13.0 Å². The Morgan fingerprint density at radius 2 is 2.18 bits per heavy atom. The summed E-state index contributed by atoms with van der Waals surface area (Å²) in [6.07, 6.45) is 0. The normalized spacial score (nSPS) is 10.0. The average Bonchev–Trinajstić information content (AvgIpc) is 2.26. The molecule has 0 saturated carbocycles. The van der Waals surface area contributed by atoms with Gasteiger partial charge < -0.3 is 10.5 Å². The third-order valence-corrected chi connectivity index (χ3v) is 2.96. The fraction of sp³-hybridized carbons (Fsp3) is 0.273. The van der Waals surface area contributed by atoms with Crippen LogP contribution in [0.5, 0.6) is 0 Å². The molecule has 0 spiro atoms. The number of rotatable bonds is 4. The standard InChI is InChI=1S/C11H12ClNO3S/c1-2-16-10(14)6-17-11(15)8-4-3-7(12)5-9(8)13/h3-5H,2,6,13H2,1H3. The molecule has 4 nitrogen and oxygen atoms in total. The van der Waals surface area contributed by atoms with E-state index >= 15 is 0 Å². The number of nitrogens with two attached hydrogens (primary N) is 1. The maximum absolute atomic E-state index is 11.7. The number of nitrogen functional groups attached to an aromatic ring is 1. The molecule has 1 rings (SSSR count). The SMILES string of the molecule is CCOC(=O)CSC(=O)c1ccc(Cl)cc1N. The number of hydrogen-bond acceptors (Lipinski definition) is 5. The van der Waals surface area contributed by atoms with Crippen molar-refractivity contribution in [3.05, 3.63) is 28.8 Å². The van der Waals surface area contributed by atoms with Gasteiger partial charge in [0.15, 0.2) is 0 Å². The van der Waals surface area contributed by atoms with Crippen LogP contribution in [0.15, 0.2) is 18.2 Å². The number of thioether (sulfide) groups is 1. The lowest BCUT2D eigenvalue weighted by Crippen LogP contribution is -2.09. The highest BCUT2D eigenvalue weighted by molar-refractivity contribution is 8.14. The summed E-state index contributed by atoms with van der Waals surface area (Å²) in [6, 6.07) is 4.62. The summed E-state index contributed by atoms with van der Waals surface area (Å²) in [5, 5.41) is 0.196. The van der Waals surface area contributed by atoms with Crippen LogP contribution in [0.2, 0.25) is 5.02 Å². The zero-order valence-electron chi connectivity index (χ0n) is 9.23. The van der Waals surface area contributed by atoms with E-state index in [9.17, 15) is 9.59 Å². The first-order valence-corrected chi connectivity index (χ1v) is 6.28. The number of carbonyl (C=O) groups excluding carboxylic acids is 2. The van der Waals surface area contributed by atoms with Crippen molar-refractivity contribution in [1.29, 1.82) is 0 Å². The third kappa shape index (κ3) is 4.28. The Hall–Kier alpha value is -1.20. The predicted octanol–water partition coefficient (Wildman–Crippen LogP) is 2.36. The Kier molecular flexibility index (Phi) is 5.31. The molecule has 0 aliphatic heterocycles. The van der Waals surface area contributed by atoms with Gasteiger partial charge in [0.1, 0.15) is 0 Å². The van der Waals surface area contributed by atoms with Gasteiger partial charge in [0.25, 0.3) is 0 Å². The van der Waals surface area contributed by atoms with E-state index in [-0.39, 0.29) is 10.9 Å². The lowest BCUT2D eigenvalue weighted by molar-refractivity contribution is -0.139. The molecule has 0 aromatic heterocycles. The molecule has 0 amide bonds. The predicted molar refractivity (Wildman–Crippen MR) is 69.3 cm³/mol. The minimum atomic E-state index is -0.418. The molecule has 1 aromatic rings. The molecule has 92 valence electrons. The highest BCUT2D eigenvalue weighted by Gasteiger charge is 2.13. The van der Waals surface area contributed by atoms with Gasteiger partial charge in [-0.25, -0.2) is 0 Å². The van der Waals surface area contributed by atoms with E-state index < -0.39 is 5.97 Å². The zero-order chi connectivity index (χ0) is 12.8. The molecule has 0 unspecified atom stereocenters. The van der Waals surface area contributed by atoms with Crippen LogP contribution in [0, 0.1) is 0 Å². The first-order valence-electron chi connectivity index (χ1n) is 4.92. The van der Waals surface area contributed by atoms with Gasteiger partial charge in [-0.15, -0.1) is 0 Å². The minimum absolute atomic E-state index is 0.0191. The quantitative estimate of drug-likeness (QED) is 0.674. The molecular weight excluding hydrogens is 262 g/mol. The van der Waals surface area contributed by atoms with Crippen molar-refractivity contribution in [3.63, 3.8) is 0 Å². The molecule has 0 saturated heterocycles. The van der Waals surface area contributed by atoms with Crippen LogP contribution in [0.3, 0.4) is 0 Å². The maximum atomic E-state index is 11.7. The number of hydrogen-bond donors (Lipinski definition) is 1. The smallest absolute Gasteiger partial charge is 0.316 e. The van der Waals surface area contributed by atoms with Crippen LogP contribution in [-0.2, 0) is 9.53 Å². The fourth-order valence-electron chi connectivity index (χ4n) is 1.12. The number of halogens is 1. The molecule has 0 atom stereocenters. The second-order valence-corrected chi connectivity index (χ2v) is 4.50. The van der Waals surface area contributed by atoms with E-state index in [2.05, 4.69) is 0 Å². The minimum Gasteiger partial charge on any atom is -0.465 e. The molecule has 0 bridgehead atoms. The Bertz CT molecular complexity index is 437. The maximum Gasteiger partial charge on any atom is 0.316 e. The van der Waals surface area contributed by atoms with Crippen LogP contribution in [-0.4, -0.2) is 23.4 Å². The van der Waals surface area contributed by atoms with Gasteiger partial charge in [0, 0.05) is 10.7 Å². The second-order valence-electron chi connectivity index (χ2n) is 3.11. The summed E-state index contributed by atoms with van der Waals surface area (Å²) in [7, 11) is 0. The van der Waals surface area contributed by atoms with Crippen molar-refractivity contribution in [3.8, 4) is 0 Å². The van der Waals surface area contributed by atoms with E-state index in [0.717, 1.165) is 11.8 Å². The molecule has 0 fully saturated rings. The van der Waals surface area contributed by atoms with Crippen LogP contribution in [0.25, 0.3) is 0 Å². The van der Waals surface area contributed by atoms with Crippen LogP contribution in [0.1, 0.15) is 17.3 Å². The fourth-order valence-corrected chi connectivity index (χ4v) is 1.98. The van der Waals surface area contributed by atoms with Gasteiger partial charge in [-0.2, -0.15) is 0 Å². The summed E-state index contributed by atoms with van der Waals surface area (Å²) < 4.78 is 4.71. The third-order valence-electron chi connectivity index (χ3n) is 1.86. The Labute approximate surface area is 108 Å². The first-order chi connectivity index (χ1) is 8.04. The van der Waals surface area contributed by atoms with Gasteiger partial charge in [0.2, 0.25) is 5.12 Å². The van der Waals surface area contributed by atoms with Crippen molar-refractivity contribution >= 4 is 40.1 Å². The van der Waals surface area contributed by atoms with Crippen molar-refractivity contribution in [2.45, 2.75) is 6.92 Å². The van der Waals surface area contributed by atoms with Crippen LogP contribution in [0.4, 0.5) is 5.69 Å². The lowest BCUT2D eigenvalue weighted by Gasteiger charge is -2.04. The molecule has 0 aliphatic carbocycles. The highest BCUT2D eigenvalue weighted by Crippen LogP contribution is 2.22.